The number of nitrogens with one attached hydrogen (secondary N) is 1. The molecule has 31 heavy (non-hydrogen) atoms. The molecule has 0 saturated carbocycles. The minimum atomic E-state index is -0.597. The highest BCUT2D eigenvalue weighted by atomic mass is 16.5. The Morgan fingerprint density at radius 3 is 2.32 bits per heavy atom. The van der Waals surface area contributed by atoms with E-state index in [1.807, 2.05) is 30.3 Å². The van der Waals surface area contributed by atoms with Gasteiger partial charge in [0.15, 0.2) is 18.1 Å². The van der Waals surface area contributed by atoms with E-state index < -0.39 is 18.5 Å². The lowest BCUT2D eigenvalue weighted by Crippen LogP contribution is -2.21. The summed E-state index contributed by atoms with van der Waals surface area (Å²) < 4.78 is 22.0. The van der Waals surface area contributed by atoms with Crippen LogP contribution in [0.1, 0.15) is 16.8 Å². The summed E-state index contributed by atoms with van der Waals surface area (Å²) in [6, 6.07) is 21.0. The summed E-state index contributed by atoms with van der Waals surface area (Å²) in [4.78, 5) is 24.4. The van der Waals surface area contributed by atoms with Gasteiger partial charge in [-0.2, -0.15) is 0 Å². The van der Waals surface area contributed by atoms with Gasteiger partial charge in [-0.3, -0.25) is 4.79 Å². The summed E-state index contributed by atoms with van der Waals surface area (Å²) in [6.45, 7) is 0.737. The Bertz CT molecular complexity index is 1050. The zero-order chi connectivity index (χ0) is 21.5. The Hall–Kier alpha value is -4.00. The van der Waals surface area contributed by atoms with Gasteiger partial charge in [0.05, 0.1) is 18.8 Å². The molecule has 3 aromatic carbocycles. The van der Waals surface area contributed by atoms with E-state index in [1.54, 1.807) is 42.5 Å². The minimum absolute atomic E-state index is 0.323. The van der Waals surface area contributed by atoms with Crippen molar-refractivity contribution in [2.24, 2.45) is 0 Å². The topological polar surface area (TPSA) is 83.1 Å². The highest BCUT2D eigenvalue weighted by Gasteiger charge is 2.14. The third-order valence-electron chi connectivity index (χ3n) is 4.43. The van der Waals surface area contributed by atoms with E-state index in [4.69, 9.17) is 18.9 Å². The van der Waals surface area contributed by atoms with E-state index in [0.29, 0.717) is 47.5 Å². The van der Waals surface area contributed by atoms with Crippen molar-refractivity contribution in [2.75, 3.05) is 25.1 Å². The van der Waals surface area contributed by atoms with Gasteiger partial charge >= 0.3 is 5.97 Å². The number of hydrogen-bond acceptors (Lipinski definition) is 6. The Balaban J connectivity index is 1.28. The molecule has 1 aliphatic heterocycles. The van der Waals surface area contributed by atoms with Crippen LogP contribution in [0.25, 0.3) is 0 Å². The summed E-state index contributed by atoms with van der Waals surface area (Å²) in [5, 5.41) is 2.68. The molecule has 0 bridgehead atoms. The molecule has 0 aromatic heterocycles. The number of anilines is 1. The Morgan fingerprint density at radius 1 is 0.839 bits per heavy atom. The van der Waals surface area contributed by atoms with Crippen LogP contribution in [0.2, 0.25) is 0 Å². The van der Waals surface area contributed by atoms with Crippen LogP contribution in [-0.4, -0.2) is 31.7 Å². The number of rotatable bonds is 6. The van der Waals surface area contributed by atoms with Gasteiger partial charge in [0, 0.05) is 18.2 Å². The van der Waals surface area contributed by atoms with E-state index in [1.165, 1.54) is 0 Å². The molecule has 4 rings (SSSR count). The van der Waals surface area contributed by atoms with Crippen molar-refractivity contribution in [3.05, 3.63) is 78.4 Å². The SMILES string of the molecule is O=C(COC(=O)c1ccc(Oc2ccccc2)cc1)Nc1ccc2c(c1)OCCCO2. The molecular weight excluding hydrogens is 398 g/mol. The number of para-hydroxylation sites is 1. The van der Waals surface area contributed by atoms with E-state index >= 15 is 0 Å². The first kappa shape index (κ1) is 20.3. The molecule has 7 nitrogen and oxygen atoms in total. The van der Waals surface area contributed by atoms with Crippen LogP contribution < -0.4 is 19.5 Å². The molecule has 0 atom stereocenters. The molecule has 0 saturated heterocycles. The van der Waals surface area contributed by atoms with Crippen LogP contribution >= 0.6 is 0 Å². The van der Waals surface area contributed by atoms with Crippen LogP contribution in [0.5, 0.6) is 23.0 Å². The highest BCUT2D eigenvalue weighted by Crippen LogP contribution is 2.32. The third-order valence-corrected chi connectivity index (χ3v) is 4.43. The molecular formula is C24H21NO6. The highest BCUT2D eigenvalue weighted by molar-refractivity contribution is 5.95. The van der Waals surface area contributed by atoms with Gasteiger partial charge in [-0.1, -0.05) is 18.2 Å². The summed E-state index contributed by atoms with van der Waals surface area (Å²) in [6.07, 6.45) is 0.797. The number of hydrogen-bond donors (Lipinski definition) is 1. The fraction of sp³-hybridized carbons (Fsp3) is 0.167. The maximum atomic E-state index is 12.2. The van der Waals surface area contributed by atoms with Gasteiger partial charge in [0.1, 0.15) is 11.5 Å². The molecule has 1 N–H and O–H groups in total. The standard InChI is InChI=1S/C24H21NO6/c26-23(25-18-9-12-21-22(15-18)29-14-4-13-28-21)16-30-24(27)17-7-10-20(11-8-17)31-19-5-2-1-3-6-19/h1-3,5-12,15H,4,13-14,16H2,(H,25,26). The van der Waals surface area contributed by atoms with Crippen LogP contribution in [0.4, 0.5) is 5.69 Å². The first-order valence-electron chi connectivity index (χ1n) is 9.87. The van der Waals surface area contributed by atoms with Gasteiger partial charge in [-0.25, -0.2) is 4.79 Å². The number of fused-ring (bicyclic) bond motifs is 1. The quantitative estimate of drug-likeness (QED) is 0.595. The van der Waals surface area contributed by atoms with Crippen LogP contribution in [0.3, 0.4) is 0 Å². The third kappa shape index (κ3) is 5.54. The van der Waals surface area contributed by atoms with E-state index in [9.17, 15) is 9.59 Å². The second-order valence-electron chi connectivity index (χ2n) is 6.78. The lowest BCUT2D eigenvalue weighted by Gasteiger charge is -2.11. The van der Waals surface area contributed by atoms with Crippen molar-refractivity contribution in [1.82, 2.24) is 0 Å². The molecule has 0 fully saturated rings. The second kappa shape index (κ2) is 9.67. The lowest BCUT2D eigenvalue weighted by molar-refractivity contribution is -0.119. The number of amides is 1. The first-order valence-corrected chi connectivity index (χ1v) is 9.87. The molecule has 158 valence electrons. The maximum absolute atomic E-state index is 12.2. The van der Waals surface area contributed by atoms with Gasteiger partial charge < -0.3 is 24.3 Å². The monoisotopic (exact) mass is 419 g/mol. The maximum Gasteiger partial charge on any atom is 0.338 e. The van der Waals surface area contributed by atoms with Gasteiger partial charge in [-0.05, 0) is 48.5 Å². The van der Waals surface area contributed by atoms with Crippen molar-refractivity contribution in [3.63, 3.8) is 0 Å². The number of ether oxygens (including phenoxy) is 4. The molecule has 1 amide bonds. The second-order valence-corrected chi connectivity index (χ2v) is 6.78. The molecule has 0 radical (unpaired) electrons. The molecule has 1 aliphatic rings. The molecule has 0 aliphatic carbocycles. The Labute approximate surface area is 179 Å². The molecule has 0 unspecified atom stereocenters. The summed E-state index contributed by atoms with van der Waals surface area (Å²) in [5.41, 5.74) is 0.858. The largest absolute Gasteiger partial charge is 0.490 e. The van der Waals surface area contributed by atoms with Crippen LogP contribution in [0, 0.1) is 0 Å². The first-order chi connectivity index (χ1) is 15.2. The van der Waals surface area contributed by atoms with Crippen LogP contribution in [0.15, 0.2) is 72.8 Å². The molecule has 3 aromatic rings. The van der Waals surface area contributed by atoms with Gasteiger partial charge in [0.25, 0.3) is 5.91 Å². The predicted octanol–water partition coefficient (Wildman–Crippen LogP) is 4.44. The van der Waals surface area contributed by atoms with E-state index in [2.05, 4.69) is 5.32 Å². The average molecular weight is 419 g/mol. The number of carbonyl (C=O) groups excluding carboxylic acids is 2. The normalized spacial score (nSPS) is 12.4. The van der Waals surface area contributed by atoms with Crippen molar-refractivity contribution in [1.29, 1.82) is 0 Å². The average Bonchev–Trinajstić information content (AvgIpc) is 3.04. The Kier molecular flexibility index (Phi) is 6.32. The fourth-order valence-corrected chi connectivity index (χ4v) is 2.94. The Morgan fingerprint density at radius 2 is 1.55 bits per heavy atom. The van der Waals surface area contributed by atoms with Crippen molar-refractivity contribution >= 4 is 17.6 Å². The lowest BCUT2D eigenvalue weighted by atomic mass is 10.2. The van der Waals surface area contributed by atoms with Crippen molar-refractivity contribution in [3.8, 4) is 23.0 Å². The van der Waals surface area contributed by atoms with Crippen LogP contribution in [-0.2, 0) is 9.53 Å². The predicted molar refractivity (Wildman–Crippen MR) is 114 cm³/mol. The molecule has 1 heterocycles. The minimum Gasteiger partial charge on any atom is -0.490 e. The molecule has 0 spiro atoms. The zero-order valence-corrected chi connectivity index (χ0v) is 16.7. The van der Waals surface area contributed by atoms with Gasteiger partial charge in [-0.15, -0.1) is 0 Å². The van der Waals surface area contributed by atoms with Crippen molar-refractivity contribution < 1.29 is 28.5 Å². The number of benzene rings is 3. The van der Waals surface area contributed by atoms with Gasteiger partial charge in [0.2, 0.25) is 0 Å². The summed E-state index contributed by atoms with van der Waals surface area (Å²) >= 11 is 0. The fourth-order valence-electron chi connectivity index (χ4n) is 2.94. The summed E-state index contributed by atoms with van der Waals surface area (Å²) in [7, 11) is 0. The molecule has 7 heteroatoms. The van der Waals surface area contributed by atoms with Crippen molar-refractivity contribution in [2.45, 2.75) is 6.42 Å². The number of carbonyl (C=O) groups is 2. The zero-order valence-electron chi connectivity index (χ0n) is 16.7. The number of esters is 1. The summed E-state index contributed by atoms with van der Waals surface area (Å²) in [5.74, 6) is 1.46. The smallest absolute Gasteiger partial charge is 0.338 e. The van der Waals surface area contributed by atoms with E-state index in [-0.39, 0.29) is 0 Å². The van der Waals surface area contributed by atoms with E-state index in [0.717, 1.165) is 6.42 Å².